The summed E-state index contributed by atoms with van der Waals surface area (Å²) in [5.74, 6) is 1.65. The van der Waals surface area contributed by atoms with E-state index in [1.54, 1.807) is 0 Å². The zero-order chi connectivity index (χ0) is 33.8. The first-order chi connectivity index (χ1) is 23.8. The van der Waals surface area contributed by atoms with Gasteiger partial charge in [0.2, 0.25) is 0 Å². The fourth-order valence-corrected chi connectivity index (χ4v) is 6.84. The number of unbranched alkanes of at least 4 members (excludes halogenated alkanes) is 1. The second-order valence-electron chi connectivity index (χ2n) is 14.1. The second-order valence-corrected chi connectivity index (χ2v) is 14.1. The largest absolute Gasteiger partial charge is 0.444 e. The minimum Gasteiger partial charge on any atom is -0.444 e. The Morgan fingerprint density at radius 1 is 1.02 bits per heavy atom. The highest BCUT2D eigenvalue weighted by Gasteiger charge is 2.26. The zero-order valence-electron chi connectivity index (χ0n) is 28.8. The van der Waals surface area contributed by atoms with E-state index in [9.17, 15) is 4.79 Å². The molecule has 49 heavy (non-hydrogen) atoms. The van der Waals surface area contributed by atoms with Crippen molar-refractivity contribution in [3.8, 4) is 11.4 Å². The van der Waals surface area contributed by atoms with Gasteiger partial charge in [-0.2, -0.15) is 5.10 Å². The molecule has 0 radical (unpaired) electrons. The minimum absolute atomic E-state index is 0.277. The van der Waals surface area contributed by atoms with Gasteiger partial charge >= 0.3 is 6.09 Å². The Labute approximate surface area is 287 Å². The number of likely N-dealkylation sites (tertiary alicyclic amines) is 1. The summed E-state index contributed by atoms with van der Waals surface area (Å²) in [5, 5.41) is 9.93. The molecule has 12 heteroatoms. The summed E-state index contributed by atoms with van der Waals surface area (Å²) in [6, 6.07) is 13.1. The van der Waals surface area contributed by atoms with E-state index in [2.05, 4.69) is 65.9 Å². The van der Waals surface area contributed by atoms with Crippen LogP contribution in [0, 0.1) is 0 Å². The third-order valence-electron chi connectivity index (χ3n) is 9.30. The molecule has 2 aliphatic heterocycles. The van der Waals surface area contributed by atoms with Crippen LogP contribution in [0.1, 0.15) is 58.1 Å². The number of anilines is 1. The standard InChI is InChI=1S/C37H47N9O3/c1-37(2,3)49-36(47)39-14-4-5-15-44-18-10-28-23-29(8-9-32(28)44)33-41-34(45-19-21-48-22-20-45)31-25-40-46(35(31)42-33)30-11-16-43(17-12-30)26-27-7-6-13-38-24-27/h6-10,13,18,23-25,30H,4-5,11-12,14-17,19-22,26H2,1-3H3,(H,39,47). The molecule has 0 bridgehead atoms. The zero-order valence-corrected chi connectivity index (χ0v) is 28.8. The van der Waals surface area contributed by atoms with Crippen molar-refractivity contribution in [1.29, 1.82) is 0 Å². The maximum Gasteiger partial charge on any atom is 0.407 e. The Morgan fingerprint density at radius 3 is 2.63 bits per heavy atom. The van der Waals surface area contributed by atoms with Gasteiger partial charge in [0.05, 0.1) is 30.8 Å². The number of hydrogen-bond acceptors (Lipinski definition) is 9. The van der Waals surface area contributed by atoms with Gasteiger partial charge in [-0.3, -0.25) is 9.88 Å². The van der Waals surface area contributed by atoms with E-state index in [0.29, 0.717) is 25.6 Å². The number of nitrogens with zero attached hydrogens (tertiary/aromatic N) is 8. The van der Waals surface area contributed by atoms with Gasteiger partial charge in [-0.05, 0) is 82.3 Å². The van der Waals surface area contributed by atoms with E-state index in [0.717, 1.165) is 92.8 Å². The van der Waals surface area contributed by atoms with Gasteiger partial charge in [-0.15, -0.1) is 0 Å². The van der Waals surface area contributed by atoms with Crippen molar-refractivity contribution < 1.29 is 14.3 Å². The molecular weight excluding hydrogens is 618 g/mol. The molecule has 0 saturated carbocycles. The summed E-state index contributed by atoms with van der Waals surface area (Å²) in [4.78, 5) is 31.4. The first kappa shape index (κ1) is 33.0. The number of piperidine rings is 1. The monoisotopic (exact) mass is 665 g/mol. The lowest BCUT2D eigenvalue weighted by Crippen LogP contribution is -2.37. The molecule has 2 fully saturated rings. The lowest BCUT2D eigenvalue weighted by atomic mass is 10.0. The van der Waals surface area contributed by atoms with Crippen molar-refractivity contribution in [2.24, 2.45) is 0 Å². The number of morpholine rings is 1. The van der Waals surface area contributed by atoms with Crippen LogP contribution in [0.4, 0.5) is 10.6 Å². The number of nitrogens with one attached hydrogen (secondary N) is 1. The number of carbonyl (C=O) groups excluding carboxylic acids is 1. The van der Waals surface area contributed by atoms with Crippen molar-refractivity contribution >= 4 is 33.8 Å². The number of aromatic nitrogens is 6. The Kier molecular flexibility index (Phi) is 9.77. The highest BCUT2D eigenvalue weighted by Crippen LogP contribution is 2.33. The molecular formula is C37H47N9O3. The van der Waals surface area contributed by atoms with Crippen LogP contribution in [0.5, 0.6) is 0 Å². The summed E-state index contributed by atoms with van der Waals surface area (Å²) in [7, 11) is 0. The van der Waals surface area contributed by atoms with Crippen LogP contribution in [0.15, 0.2) is 61.2 Å². The summed E-state index contributed by atoms with van der Waals surface area (Å²) in [6.07, 6.45) is 11.3. The molecule has 2 aliphatic rings. The van der Waals surface area contributed by atoms with Crippen LogP contribution >= 0.6 is 0 Å². The summed E-state index contributed by atoms with van der Waals surface area (Å²) in [5.41, 5.74) is 3.81. The molecule has 2 saturated heterocycles. The van der Waals surface area contributed by atoms with Gasteiger partial charge in [0, 0.05) is 80.9 Å². The van der Waals surface area contributed by atoms with Crippen molar-refractivity contribution in [2.75, 3.05) is 50.8 Å². The molecule has 0 unspecified atom stereocenters. The van der Waals surface area contributed by atoms with E-state index in [4.69, 9.17) is 24.5 Å². The van der Waals surface area contributed by atoms with Gasteiger partial charge in [0.15, 0.2) is 11.5 Å². The summed E-state index contributed by atoms with van der Waals surface area (Å²) < 4.78 is 15.4. The predicted molar refractivity (Wildman–Crippen MR) is 191 cm³/mol. The van der Waals surface area contributed by atoms with E-state index in [1.807, 2.05) is 45.4 Å². The maximum atomic E-state index is 11.9. The first-order valence-corrected chi connectivity index (χ1v) is 17.6. The SMILES string of the molecule is CC(C)(C)OC(=O)NCCCCn1ccc2cc(-c3nc(N4CCOCC4)c4cnn(C5CCN(Cc6cccnc6)CC5)c4n3)ccc21. The summed E-state index contributed by atoms with van der Waals surface area (Å²) >= 11 is 0. The average Bonchev–Trinajstić information content (AvgIpc) is 3.72. The van der Waals surface area contributed by atoms with Gasteiger partial charge in [0.25, 0.3) is 0 Å². The second kappa shape index (κ2) is 14.5. The number of alkyl carbamates (subject to hydrolysis) is 1. The topological polar surface area (TPSA) is 115 Å². The lowest BCUT2D eigenvalue weighted by Gasteiger charge is -2.32. The van der Waals surface area contributed by atoms with Crippen LogP contribution in [0.25, 0.3) is 33.3 Å². The van der Waals surface area contributed by atoms with Crippen molar-refractivity contribution in [1.82, 2.24) is 39.5 Å². The van der Waals surface area contributed by atoms with Gasteiger partial charge in [-0.25, -0.2) is 19.4 Å². The first-order valence-electron chi connectivity index (χ1n) is 17.6. The molecule has 5 aromatic rings. The van der Waals surface area contributed by atoms with E-state index in [-0.39, 0.29) is 12.1 Å². The average molecular weight is 666 g/mol. The number of amides is 1. The molecule has 1 N–H and O–H groups in total. The quantitative estimate of drug-likeness (QED) is 0.184. The number of rotatable bonds is 10. The van der Waals surface area contributed by atoms with Crippen LogP contribution in [-0.2, 0) is 22.6 Å². The molecule has 0 atom stereocenters. The Hall–Kier alpha value is -4.55. The fraction of sp³-hybridized carbons (Fsp3) is 0.486. The summed E-state index contributed by atoms with van der Waals surface area (Å²) in [6.45, 7) is 12.9. The Balaban J connectivity index is 1.08. The van der Waals surface area contributed by atoms with Crippen molar-refractivity contribution in [2.45, 2.75) is 71.2 Å². The number of benzene rings is 1. The smallest absolute Gasteiger partial charge is 0.407 e. The molecule has 0 spiro atoms. The van der Waals surface area contributed by atoms with Crippen molar-refractivity contribution in [3.63, 3.8) is 0 Å². The molecule has 6 heterocycles. The number of ether oxygens (including phenoxy) is 2. The molecule has 0 aliphatic carbocycles. The van der Waals surface area contributed by atoms with Crippen molar-refractivity contribution in [3.05, 3.63) is 66.7 Å². The molecule has 4 aromatic heterocycles. The number of pyridine rings is 1. The number of fused-ring (bicyclic) bond motifs is 2. The van der Waals surface area contributed by atoms with Crippen LogP contribution < -0.4 is 10.2 Å². The number of aryl methyl sites for hydroxylation is 1. The number of carbonyl (C=O) groups is 1. The third kappa shape index (κ3) is 7.86. The number of hydrogen-bond donors (Lipinski definition) is 1. The fourth-order valence-electron chi connectivity index (χ4n) is 6.84. The van der Waals surface area contributed by atoms with E-state index in [1.165, 1.54) is 11.1 Å². The normalized spacial score (nSPS) is 16.4. The van der Waals surface area contributed by atoms with E-state index >= 15 is 0 Å². The Morgan fingerprint density at radius 2 is 1.86 bits per heavy atom. The predicted octanol–water partition coefficient (Wildman–Crippen LogP) is 5.82. The molecule has 258 valence electrons. The lowest BCUT2D eigenvalue weighted by molar-refractivity contribution is 0.0527. The maximum absolute atomic E-state index is 11.9. The van der Waals surface area contributed by atoms with Gasteiger partial charge in [0.1, 0.15) is 11.4 Å². The highest BCUT2D eigenvalue weighted by atomic mass is 16.6. The molecule has 1 amide bonds. The van der Waals surface area contributed by atoms with E-state index < -0.39 is 5.60 Å². The van der Waals surface area contributed by atoms with Crippen LogP contribution in [0.3, 0.4) is 0 Å². The van der Waals surface area contributed by atoms with Crippen LogP contribution in [0.2, 0.25) is 0 Å². The highest BCUT2D eigenvalue weighted by molar-refractivity contribution is 5.90. The molecule has 7 rings (SSSR count). The minimum atomic E-state index is -0.492. The van der Waals surface area contributed by atoms with Crippen LogP contribution in [-0.4, -0.2) is 91.8 Å². The Bertz CT molecular complexity index is 1870. The molecule has 1 aromatic carbocycles. The van der Waals surface area contributed by atoms with Gasteiger partial charge in [-0.1, -0.05) is 6.07 Å². The van der Waals surface area contributed by atoms with Gasteiger partial charge < -0.3 is 24.3 Å². The molecule has 12 nitrogen and oxygen atoms in total. The third-order valence-corrected chi connectivity index (χ3v) is 9.30.